The molecule has 0 heterocycles. The molecule has 0 spiro atoms. The first-order chi connectivity index (χ1) is 14.2. The molecule has 0 aliphatic carbocycles. The molecular weight excluding hydrogens is 376 g/mol. The maximum absolute atomic E-state index is 12.8. The van der Waals surface area contributed by atoms with Gasteiger partial charge in [-0.3, -0.25) is 4.79 Å². The lowest BCUT2D eigenvalue weighted by Crippen LogP contribution is -2.24. The molecule has 3 rings (SSSR count). The van der Waals surface area contributed by atoms with Crippen molar-refractivity contribution >= 4 is 28.9 Å². The molecule has 0 saturated heterocycles. The Balaban J connectivity index is 2.00. The first kappa shape index (κ1) is 21.1. The average molecular weight is 402 g/mol. The number of amides is 1. The standard InChI is InChI=1S/C25H26N2O3/c1-17(28)26-20-11-8-12-21(16-20)27-23-15-19(18-9-6-5-7-10-18)13-14-22(23)24(29)30-25(2,3)4/h5-16,27H,1-4H3,(H,26,28). The Bertz CT molecular complexity index is 1050. The van der Waals surface area contributed by atoms with Crippen molar-refractivity contribution in [1.82, 2.24) is 0 Å². The summed E-state index contributed by atoms with van der Waals surface area (Å²) in [6, 6.07) is 22.9. The number of nitrogens with one attached hydrogen (secondary N) is 2. The summed E-state index contributed by atoms with van der Waals surface area (Å²) < 4.78 is 5.59. The summed E-state index contributed by atoms with van der Waals surface area (Å²) in [4.78, 5) is 24.2. The van der Waals surface area contributed by atoms with Gasteiger partial charge >= 0.3 is 5.97 Å². The molecular formula is C25H26N2O3. The van der Waals surface area contributed by atoms with E-state index in [0.29, 0.717) is 16.9 Å². The van der Waals surface area contributed by atoms with Crippen LogP contribution in [0, 0.1) is 0 Å². The lowest BCUT2D eigenvalue weighted by Gasteiger charge is -2.21. The molecule has 5 heteroatoms. The van der Waals surface area contributed by atoms with Crippen LogP contribution in [0.1, 0.15) is 38.1 Å². The second kappa shape index (κ2) is 8.82. The Labute approximate surface area is 177 Å². The lowest BCUT2D eigenvalue weighted by atomic mass is 10.0. The molecule has 154 valence electrons. The topological polar surface area (TPSA) is 67.4 Å². The summed E-state index contributed by atoms with van der Waals surface area (Å²) in [7, 11) is 0. The van der Waals surface area contributed by atoms with Crippen molar-refractivity contribution in [3.8, 4) is 11.1 Å². The van der Waals surface area contributed by atoms with Gasteiger partial charge in [0.2, 0.25) is 5.91 Å². The number of esters is 1. The van der Waals surface area contributed by atoms with Crippen LogP contribution in [-0.2, 0) is 9.53 Å². The molecule has 3 aromatic carbocycles. The maximum Gasteiger partial charge on any atom is 0.340 e. The molecule has 0 fully saturated rings. The summed E-state index contributed by atoms with van der Waals surface area (Å²) in [5.41, 5.74) is 3.91. The van der Waals surface area contributed by atoms with E-state index >= 15 is 0 Å². The van der Waals surface area contributed by atoms with Gasteiger partial charge in [-0.2, -0.15) is 0 Å². The van der Waals surface area contributed by atoms with Crippen molar-refractivity contribution in [3.63, 3.8) is 0 Å². The number of hydrogen-bond acceptors (Lipinski definition) is 4. The van der Waals surface area contributed by atoms with Gasteiger partial charge in [0.15, 0.2) is 0 Å². The van der Waals surface area contributed by atoms with Crippen LogP contribution in [0.2, 0.25) is 0 Å². The quantitative estimate of drug-likeness (QED) is 0.513. The normalized spacial score (nSPS) is 10.9. The van der Waals surface area contributed by atoms with Gasteiger partial charge in [-0.25, -0.2) is 4.79 Å². The summed E-state index contributed by atoms with van der Waals surface area (Å²) in [6.45, 7) is 6.98. The van der Waals surface area contributed by atoms with Gasteiger partial charge in [0.05, 0.1) is 11.3 Å². The monoisotopic (exact) mass is 402 g/mol. The van der Waals surface area contributed by atoms with Crippen molar-refractivity contribution in [2.75, 3.05) is 10.6 Å². The van der Waals surface area contributed by atoms with Crippen molar-refractivity contribution in [1.29, 1.82) is 0 Å². The largest absolute Gasteiger partial charge is 0.456 e. The summed E-state index contributed by atoms with van der Waals surface area (Å²) in [5, 5.41) is 6.08. The zero-order valence-electron chi connectivity index (χ0n) is 17.7. The first-order valence-corrected chi connectivity index (χ1v) is 9.79. The van der Waals surface area contributed by atoms with Crippen LogP contribution < -0.4 is 10.6 Å². The number of carbonyl (C=O) groups is 2. The van der Waals surface area contributed by atoms with Crippen molar-refractivity contribution in [3.05, 3.63) is 78.4 Å². The highest BCUT2D eigenvalue weighted by molar-refractivity contribution is 5.98. The van der Waals surface area contributed by atoms with Crippen LogP contribution >= 0.6 is 0 Å². The van der Waals surface area contributed by atoms with E-state index < -0.39 is 11.6 Å². The van der Waals surface area contributed by atoms with Crippen molar-refractivity contribution in [2.45, 2.75) is 33.3 Å². The number of carbonyl (C=O) groups excluding carboxylic acids is 2. The third-order valence-electron chi connectivity index (χ3n) is 4.21. The van der Waals surface area contributed by atoms with Gasteiger partial charge in [0.25, 0.3) is 0 Å². The van der Waals surface area contributed by atoms with E-state index in [0.717, 1.165) is 16.8 Å². The molecule has 3 aromatic rings. The Hall–Kier alpha value is -3.60. The van der Waals surface area contributed by atoms with E-state index in [1.807, 2.05) is 87.5 Å². The molecule has 30 heavy (non-hydrogen) atoms. The van der Waals surface area contributed by atoms with Crippen LogP contribution in [0.25, 0.3) is 11.1 Å². The molecule has 0 saturated carbocycles. The zero-order chi connectivity index (χ0) is 21.7. The summed E-state index contributed by atoms with van der Waals surface area (Å²) in [5.74, 6) is -0.546. The van der Waals surface area contributed by atoms with Gasteiger partial charge in [-0.05, 0) is 62.2 Å². The fourth-order valence-electron chi connectivity index (χ4n) is 3.00. The Kier molecular flexibility index (Phi) is 6.21. The Morgan fingerprint density at radius 3 is 2.17 bits per heavy atom. The molecule has 0 bridgehead atoms. The molecule has 0 atom stereocenters. The van der Waals surface area contributed by atoms with Gasteiger partial charge in [0, 0.05) is 18.3 Å². The second-order valence-corrected chi connectivity index (χ2v) is 8.02. The van der Waals surface area contributed by atoms with E-state index in [1.54, 1.807) is 6.07 Å². The summed E-state index contributed by atoms with van der Waals surface area (Å²) in [6.07, 6.45) is 0. The third-order valence-corrected chi connectivity index (χ3v) is 4.21. The van der Waals surface area contributed by atoms with Gasteiger partial charge < -0.3 is 15.4 Å². The number of benzene rings is 3. The highest BCUT2D eigenvalue weighted by atomic mass is 16.6. The first-order valence-electron chi connectivity index (χ1n) is 9.79. The zero-order valence-corrected chi connectivity index (χ0v) is 17.7. The SMILES string of the molecule is CC(=O)Nc1cccc(Nc2cc(-c3ccccc3)ccc2C(=O)OC(C)(C)C)c1. The van der Waals surface area contributed by atoms with Crippen molar-refractivity contribution in [2.24, 2.45) is 0 Å². The highest BCUT2D eigenvalue weighted by Gasteiger charge is 2.21. The lowest BCUT2D eigenvalue weighted by molar-refractivity contribution is -0.114. The number of anilines is 3. The van der Waals surface area contributed by atoms with Gasteiger partial charge in [0.1, 0.15) is 5.60 Å². The molecule has 1 amide bonds. The fraction of sp³-hybridized carbons (Fsp3) is 0.200. The highest BCUT2D eigenvalue weighted by Crippen LogP contribution is 2.30. The smallest absolute Gasteiger partial charge is 0.340 e. The van der Waals surface area contributed by atoms with Crippen LogP contribution in [0.15, 0.2) is 72.8 Å². The minimum absolute atomic E-state index is 0.146. The van der Waals surface area contributed by atoms with Gasteiger partial charge in [-0.1, -0.05) is 42.5 Å². The molecule has 0 aromatic heterocycles. The molecule has 0 aliphatic heterocycles. The van der Waals surface area contributed by atoms with E-state index in [-0.39, 0.29) is 5.91 Å². The maximum atomic E-state index is 12.8. The van der Waals surface area contributed by atoms with Crippen LogP contribution in [-0.4, -0.2) is 17.5 Å². The van der Waals surface area contributed by atoms with Crippen molar-refractivity contribution < 1.29 is 14.3 Å². The van der Waals surface area contributed by atoms with E-state index in [2.05, 4.69) is 10.6 Å². The van der Waals surface area contributed by atoms with Crippen LogP contribution in [0.3, 0.4) is 0 Å². The third kappa shape index (κ3) is 5.70. The molecule has 0 unspecified atom stereocenters. The van der Waals surface area contributed by atoms with E-state index in [9.17, 15) is 9.59 Å². The Morgan fingerprint density at radius 2 is 1.50 bits per heavy atom. The number of hydrogen-bond donors (Lipinski definition) is 2. The van der Waals surface area contributed by atoms with Gasteiger partial charge in [-0.15, -0.1) is 0 Å². The predicted octanol–water partition coefficient (Wildman–Crippen LogP) is 6.01. The number of rotatable bonds is 5. The van der Waals surface area contributed by atoms with E-state index in [4.69, 9.17) is 4.74 Å². The number of ether oxygens (including phenoxy) is 1. The predicted molar refractivity (Wildman–Crippen MR) is 121 cm³/mol. The Morgan fingerprint density at radius 1 is 0.800 bits per heavy atom. The fourth-order valence-corrected chi connectivity index (χ4v) is 3.00. The minimum atomic E-state index is -0.599. The molecule has 2 N–H and O–H groups in total. The molecule has 0 radical (unpaired) electrons. The second-order valence-electron chi connectivity index (χ2n) is 8.02. The molecule has 5 nitrogen and oxygen atoms in total. The minimum Gasteiger partial charge on any atom is -0.456 e. The summed E-state index contributed by atoms with van der Waals surface area (Å²) >= 11 is 0. The van der Waals surface area contributed by atoms with Crippen LogP contribution in [0.4, 0.5) is 17.1 Å². The van der Waals surface area contributed by atoms with Crippen LogP contribution in [0.5, 0.6) is 0 Å². The molecule has 0 aliphatic rings. The average Bonchev–Trinajstić information content (AvgIpc) is 2.67. The van der Waals surface area contributed by atoms with E-state index in [1.165, 1.54) is 6.92 Å².